The van der Waals surface area contributed by atoms with Gasteiger partial charge in [0.1, 0.15) is 0 Å². The van der Waals surface area contributed by atoms with Gasteiger partial charge in [-0.15, -0.1) is 0 Å². The molecule has 0 fully saturated rings. The average molecular weight is 232 g/mol. The van der Waals surface area contributed by atoms with Crippen LogP contribution in [0.1, 0.15) is 5.69 Å². The van der Waals surface area contributed by atoms with Crippen molar-refractivity contribution in [2.24, 2.45) is 12.2 Å². The molecule has 1 heterocycles. The lowest BCUT2D eigenvalue weighted by Gasteiger charge is -2.04. The molecule has 0 spiro atoms. The van der Waals surface area contributed by atoms with Crippen molar-refractivity contribution in [3.05, 3.63) is 18.0 Å². The Kier molecular flexibility index (Phi) is 4.25. The molecule has 1 aromatic rings. The van der Waals surface area contributed by atoms with E-state index in [-0.39, 0.29) is 5.75 Å². The summed E-state index contributed by atoms with van der Waals surface area (Å²) < 4.78 is 23.0. The molecule has 6 nitrogen and oxygen atoms in total. The molecule has 0 saturated heterocycles. The fourth-order valence-corrected chi connectivity index (χ4v) is 1.63. The second-order valence-electron chi connectivity index (χ2n) is 3.31. The maximum Gasteiger partial charge on any atom is 0.210 e. The van der Waals surface area contributed by atoms with Crippen molar-refractivity contribution in [1.82, 2.24) is 15.1 Å². The summed E-state index contributed by atoms with van der Waals surface area (Å²) in [5.41, 5.74) is 1.11. The number of nitrogens with zero attached hydrogens (tertiary/aromatic N) is 2. The van der Waals surface area contributed by atoms with Gasteiger partial charge in [0.2, 0.25) is 10.0 Å². The molecule has 1 rings (SSSR count). The molecule has 15 heavy (non-hydrogen) atoms. The first kappa shape index (κ1) is 12.2. The van der Waals surface area contributed by atoms with E-state index in [1.807, 2.05) is 13.1 Å². The quantitative estimate of drug-likeness (QED) is 0.605. The Morgan fingerprint density at radius 2 is 2.27 bits per heavy atom. The minimum Gasteiger partial charge on any atom is -0.315 e. The standard InChI is InChI=1S/C8H16N4O2S/c1-12-8(3-5-11-12)2-4-10-6-7-15(9,13)14/h3,5,10H,2,4,6-7H2,1H3,(H2,9,13,14). The molecule has 0 atom stereocenters. The molecule has 0 radical (unpaired) electrons. The van der Waals surface area contributed by atoms with Crippen molar-refractivity contribution in [3.63, 3.8) is 0 Å². The van der Waals surface area contributed by atoms with Crippen LogP contribution in [-0.4, -0.2) is 37.0 Å². The maximum absolute atomic E-state index is 10.6. The zero-order valence-corrected chi connectivity index (χ0v) is 9.50. The number of aryl methyl sites for hydroxylation is 1. The summed E-state index contributed by atoms with van der Waals surface area (Å²) in [6.45, 7) is 1.10. The molecule has 0 bridgehead atoms. The van der Waals surface area contributed by atoms with Crippen molar-refractivity contribution in [3.8, 4) is 0 Å². The highest BCUT2D eigenvalue weighted by molar-refractivity contribution is 7.89. The normalized spacial score (nSPS) is 11.9. The van der Waals surface area contributed by atoms with Crippen molar-refractivity contribution in [1.29, 1.82) is 0 Å². The molecule has 0 aliphatic carbocycles. The van der Waals surface area contributed by atoms with Crippen LogP contribution in [0.2, 0.25) is 0 Å². The molecular formula is C8H16N4O2S. The summed E-state index contributed by atoms with van der Waals surface area (Å²) in [5, 5.41) is 11.9. The van der Waals surface area contributed by atoms with Crippen LogP contribution in [0.4, 0.5) is 0 Å². The minimum absolute atomic E-state index is 0.0294. The zero-order valence-electron chi connectivity index (χ0n) is 8.68. The number of sulfonamides is 1. The fourth-order valence-electron chi connectivity index (χ4n) is 1.20. The fraction of sp³-hybridized carbons (Fsp3) is 0.625. The van der Waals surface area contributed by atoms with Gasteiger partial charge in [-0.2, -0.15) is 5.10 Å². The third kappa shape index (κ3) is 4.91. The van der Waals surface area contributed by atoms with E-state index in [0.717, 1.165) is 18.7 Å². The Morgan fingerprint density at radius 3 is 2.80 bits per heavy atom. The van der Waals surface area contributed by atoms with Crippen molar-refractivity contribution in [2.75, 3.05) is 18.8 Å². The number of hydrogen-bond donors (Lipinski definition) is 2. The Hall–Kier alpha value is -0.920. The van der Waals surface area contributed by atoms with E-state index >= 15 is 0 Å². The Morgan fingerprint density at radius 1 is 1.53 bits per heavy atom. The van der Waals surface area contributed by atoms with E-state index in [9.17, 15) is 8.42 Å². The molecule has 0 aliphatic rings. The second-order valence-corrected chi connectivity index (χ2v) is 5.05. The zero-order chi connectivity index (χ0) is 11.3. The van der Waals surface area contributed by atoms with Gasteiger partial charge in [0.05, 0.1) is 5.75 Å². The van der Waals surface area contributed by atoms with Crippen LogP contribution in [0.5, 0.6) is 0 Å². The van der Waals surface area contributed by atoms with Gasteiger partial charge < -0.3 is 5.32 Å². The summed E-state index contributed by atoms with van der Waals surface area (Å²) in [6, 6.07) is 1.93. The van der Waals surface area contributed by atoms with E-state index in [1.165, 1.54) is 0 Å². The van der Waals surface area contributed by atoms with Gasteiger partial charge in [0.25, 0.3) is 0 Å². The predicted molar refractivity (Wildman–Crippen MR) is 57.8 cm³/mol. The first-order valence-electron chi connectivity index (χ1n) is 4.67. The van der Waals surface area contributed by atoms with E-state index in [0.29, 0.717) is 6.54 Å². The first-order chi connectivity index (χ1) is 6.99. The van der Waals surface area contributed by atoms with Gasteiger partial charge in [-0.25, -0.2) is 13.6 Å². The first-order valence-corrected chi connectivity index (χ1v) is 6.38. The third-order valence-corrected chi connectivity index (χ3v) is 2.82. The topological polar surface area (TPSA) is 90.0 Å². The monoisotopic (exact) mass is 232 g/mol. The second kappa shape index (κ2) is 5.24. The van der Waals surface area contributed by atoms with Gasteiger partial charge >= 0.3 is 0 Å². The molecule has 1 aromatic heterocycles. The summed E-state index contributed by atoms with van der Waals surface area (Å²) in [6.07, 6.45) is 2.56. The molecular weight excluding hydrogens is 216 g/mol. The van der Waals surface area contributed by atoms with Crippen molar-refractivity contribution >= 4 is 10.0 Å². The predicted octanol–water partition coefficient (Wildman–Crippen LogP) is -1.16. The van der Waals surface area contributed by atoms with Crippen LogP contribution in [0.15, 0.2) is 12.3 Å². The largest absolute Gasteiger partial charge is 0.315 e. The number of aromatic nitrogens is 2. The van der Waals surface area contributed by atoms with Gasteiger partial charge in [-0.3, -0.25) is 4.68 Å². The van der Waals surface area contributed by atoms with Gasteiger partial charge in [-0.05, 0) is 6.07 Å². The summed E-state index contributed by atoms with van der Waals surface area (Å²) in [4.78, 5) is 0. The smallest absolute Gasteiger partial charge is 0.210 e. The lowest BCUT2D eigenvalue weighted by molar-refractivity contribution is 0.591. The maximum atomic E-state index is 10.6. The van der Waals surface area contributed by atoms with Crippen LogP contribution in [0.25, 0.3) is 0 Å². The molecule has 0 saturated carbocycles. The van der Waals surface area contributed by atoms with Gasteiger partial charge in [0, 0.05) is 38.4 Å². The third-order valence-electron chi connectivity index (χ3n) is 2.04. The Bertz CT molecular complexity index is 399. The van der Waals surface area contributed by atoms with E-state index in [4.69, 9.17) is 5.14 Å². The Balaban J connectivity index is 2.15. The highest BCUT2D eigenvalue weighted by Crippen LogP contribution is 1.95. The summed E-state index contributed by atoms with van der Waals surface area (Å²) >= 11 is 0. The lowest BCUT2D eigenvalue weighted by atomic mass is 10.3. The average Bonchev–Trinajstić information content (AvgIpc) is 2.49. The molecule has 7 heteroatoms. The number of rotatable bonds is 6. The number of nitrogens with two attached hydrogens (primary N) is 1. The minimum atomic E-state index is -3.35. The van der Waals surface area contributed by atoms with Crippen molar-refractivity contribution in [2.45, 2.75) is 6.42 Å². The Labute approximate surface area is 89.5 Å². The molecule has 86 valence electrons. The highest BCUT2D eigenvalue weighted by atomic mass is 32.2. The molecule has 0 unspecified atom stereocenters. The van der Waals surface area contributed by atoms with Crippen LogP contribution in [0.3, 0.4) is 0 Å². The van der Waals surface area contributed by atoms with Crippen LogP contribution >= 0.6 is 0 Å². The van der Waals surface area contributed by atoms with Gasteiger partial charge in [-0.1, -0.05) is 0 Å². The highest BCUT2D eigenvalue weighted by Gasteiger charge is 2.01. The molecule has 0 aromatic carbocycles. The van der Waals surface area contributed by atoms with Crippen molar-refractivity contribution < 1.29 is 8.42 Å². The van der Waals surface area contributed by atoms with E-state index in [2.05, 4.69) is 10.4 Å². The number of hydrogen-bond acceptors (Lipinski definition) is 4. The summed E-state index contributed by atoms with van der Waals surface area (Å²) in [7, 11) is -1.47. The van der Waals surface area contributed by atoms with Crippen LogP contribution in [-0.2, 0) is 23.5 Å². The molecule has 0 amide bonds. The van der Waals surface area contributed by atoms with Crippen LogP contribution in [0, 0.1) is 0 Å². The molecule has 0 aliphatic heterocycles. The van der Waals surface area contributed by atoms with E-state index in [1.54, 1.807) is 10.9 Å². The van der Waals surface area contributed by atoms with E-state index < -0.39 is 10.0 Å². The van der Waals surface area contributed by atoms with Gasteiger partial charge in [0.15, 0.2) is 0 Å². The lowest BCUT2D eigenvalue weighted by Crippen LogP contribution is -2.28. The molecule has 3 N–H and O–H groups in total. The SMILES string of the molecule is Cn1nccc1CCNCCS(N)(=O)=O. The van der Waals surface area contributed by atoms with Crippen LogP contribution < -0.4 is 10.5 Å². The number of nitrogens with one attached hydrogen (secondary N) is 1. The summed E-state index contributed by atoms with van der Waals surface area (Å²) in [5.74, 6) is -0.0294. The number of primary sulfonamides is 1.